The summed E-state index contributed by atoms with van der Waals surface area (Å²) in [6.45, 7) is 1.98. The van der Waals surface area contributed by atoms with Gasteiger partial charge in [-0.15, -0.1) is 0 Å². The molecule has 0 heterocycles. The molecule has 1 atom stereocenters. The Morgan fingerprint density at radius 3 is 2.60 bits per heavy atom. The van der Waals surface area contributed by atoms with Gasteiger partial charge in [0.05, 0.1) is 10.6 Å². The van der Waals surface area contributed by atoms with Crippen LogP contribution in [0.25, 0.3) is 0 Å². The van der Waals surface area contributed by atoms with E-state index in [2.05, 4.69) is 15.9 Å². The van der Waals surface area contributed by atoms with E-state index in [1.807, 2.05) is 6.92 Å². The highest BCUT2D eigenvalue weighted by atomic mass is 79.9. The van der Waals surface area contributed by atoms with Crippen molar-refractivity contribution in [2.75, 3.05) is 0 Å². The SMILES string of the molecule is CCCCC(O)c1cc(F)c(Br)cc1F. The van der Waals surface area contributed by atoms with Crippen LogP contribution in [0.2, 0.25) is 0 Å². The molecule has 0 fully saturated rings. The van der Waals surface area contributed by atoms with Gasteiger partial charge >= 0.3 is 0 Å². The first-order valence-electron chi connectivity index (χ1n) is 4.88. The molecule has 84 valence electrons. The Morgan fingerprint density at radius 1 is 1.33 bits per heavy atom. The minimum absolute atomic E-state index is 0.0316. The normalized spacial score (nSPS) is 12.9. The molecular formula is C11H13BrF2O. The molecule has 0 aliphatic heterocycles. The highest BCUT2D eigenvalue weighted by Crippen LogP contribution is 2.26. The van der Waals surface area contributed by atoms with Gasteiger partial charge in [-0.2, -0.15) is 0 Å². The average molecular weight is 279 g/mol. The molecule has 0 amide bonds. The van der Waals surface area contributed by atoms with Crippen LogP contribution in [0.15, 0.2) is 16.6 Å². The van der Waals surface area contributed by atoms with Crippen LogP contribution in [0.1, 0.15) is 37.9 Å². The monoisotopic (exact) mass is 278 g/mol. The number of benzene rings is 1. The van der Waals surface area contributed by atoms with Crippen molar-refractivity contribution in [2.45, 2.75) is 32.3 Å². The summed E-state index contributed by atoms with van der Waals surface area (Å²) in [5, 5.41) is 9.63. The van der Waals surface area contributed by atoms with E-state index in [0.717, 1.165) is 25.0 Å². The smallest absolute Gasteiger partial charge is 0.137 e. The molecule has 1 nitrogen and oxygen atoms in total. The summed E-state index contributed by atoms with van der Waals surface area (Å²) in [6.07, 6.45) is 1.23. The van der Waals surface area contributed by atoms with Gasteiger partial charge in [0.2, 0.25) is 0 Å². The lowest BCUT2D eigenvalue weighted by Gasteiger charge is -2.11. The van der Waals surface area contributed by atoms with Crippen molar-refractivity contribution in [3.63, 3.8) is 0 Å². The van der Waals surface area contributed by atoms with E-state index in [1.54, 1.807) is 0 Å². The summed E-state index contributed by atoms with van der Waals surface area (Å²) in [6, 6.07) is 2.08. The molecule has 0 saturated heterocycles. The fourth-order valence-electron chi connectivity index (χ4n) is 1.35. The number of unbranched alkanes of at least 4 members (excludes halogenated alkanes) is 1. The Hall–Kier alpha value is -0.480. The highest BCUT2D eigenvalue weighted by molar-refractivity contribution is 9.10. The molecule has 15 heavy (non-hydrogen) atoms. The largest absolute Gasteiger partial charge is 0.388 e. The van der Waals surface area contributed by atoms with Crippen LogP contribution < -0.4 is 0 Å². The molecular weight excluding hydrogens is 266 g/mol. The number of hydrogen-bond acceptors (Lipinski definition) is 1. The fraction of sp³-hybridized carbons (Fsp3) is 0.455. The van der Waals surface area contributed by atoms with E-state index < -0.39 is 17.7 Å². The van der Waals surface area contributed by atoms with Crippen LogP contribution in [0, 0.1) is 11.6 Å². The first-order chi connectivity index (χ1) is 7.06. The number of rotatable bonds is 4. The van der Waals surface area contributed by atoms with Crippen molar-refractivity contribution in [3.05, 3.63) is 33.8 Å². The topological polar surface area (TPSA) is 20.2 Å². The van der Waals surface area contributed by atoms with Crippen LogP contribution in [-0.4, -0.2) is 5.11 Å². The zero-order valence-electron chi connectivity index (χ0n) is 8.43. The van der Waals surface area contributed by atoms with Gasteiger partial charge in [-0.25, -0.2) is 8.78 Å². The molecule has 0 aliphatic carbocycles. The van der Waals surface area contributed by atoms with E-state index in [1.165, 1.54) is 0 Å². The van der Waals surface area contributed by atoms with Gasteiger partial charge in [-0.1, -0.05) is 19.8 Å². The summed E-state index contributed by atoms with van der Waals surface area (Å²) >= 11 is 2.89. The molecule has 1 N–H and O–H groups in total. The van der Waals surface area contributed by atoms with Crippen LogP contribution in [0.4, 0.5) is 8.78 Å². The van der Waals surface area contributed by atoms with Crippen molar-refractivity contribution < 1.29 is 13.9 Å². The molecule has 0 radical (unpaired) electrons. The Morgan fingerprint density at radius 2 is 2.00 bits per heavy atom. The summed E-state index contributed by atoms with van der Waals surface area (Å²) < 4.78 is 26.5. The molecule has 4 heteroatoms. The van der Waals surface area contributed by atoms with Crippen molar-refractivity contribution in [3.8, 4) is 0 Å². The van der Waals surface area contributed by atoms with Gasteiger partial charge in [0.15, 0.2) is 0 Å². The number of hydrogen-bond donors (Lipinski definition) is 1. The van der Waals surface area contributed by atoms with Crippen molar-refractivity contribution >= 4 is 15.9 Å². The van der Waals surface area contributed by atoms with Crippen molar-refractivity contribution in [1.82, 2.24) is 0 Å². The number of halogens is 3. The van der Waals surface area contributed by atoms with Gasteiger partial charge in [0.25, 0.3) is 0 Å². The molecule has 0 bridgehead atoms. The Balaban J connectivity index is 2.88. The standard InChI is InChI=1S/C11H13BrF2O/c1-2-3-4-11(15)7-5-10(14)8(12)6-9(7)13/h5-6,11,15H,2-4H2,1H3. The summed E-state index contributed by atoms with van der Waals surface area (Å²) in [5.41, 5.74) is 0.0316. The third-order valence-corrected chi connectivity index (χ3v) is 2.84. The van der Waals surface area contributed by atoms with Crippen molar-refractivity contribution in [2.24, 2.45) is 0 Å². The number of aliphatic hydroxyl groups is 1. The third kappa shape index (κ3) is 3.24. The second-order valence-corrected chi connectivity index (χ2v) is 4.30. The molecule has 0 spiro atoms. The second kappa shape index (κ2) is 5.56. The molecule has 0 aliphatic rings. The summed E-state index contributed by atoms with van der Waals surface area (Å²) in [7, 11) is 0. The van der Waals surface area contributed by atoms with Gasteiger partial charge < -0.3 is 5.11 Å². The average Bonchev–Trinajstić information content (AvgIpc) is 2.20. The molecule has 0 saturated carbocycles. The Kier molecular flexibility index (Phi) is 4.67. The molecule has 1 rings (SSSR count). The van der Waals surface area contributed by atoms with E-state index in [-0.39, 0.29) is 10.0 Å². The maximum atomic E-state index is 13.4. The second-order valence-electron chi connectivity index (χ2n) is 3.45. The first kappa shape index (κ1) is 12.6. The zero-order chi connectivity index (χ0) is 11.4. The fourth-order valence-corrected chi connectivity index (χ4v) is 1.66. The van der Waals surface area contributed by atoms with E-state index in [0.29, 0.717) is 6.42 Å². The molecule has 1 unspecified atom stereocenters. The van der Waals surface area contributed by atoms with Gasteiger partial charge in [-0.05, 0) is 34.5 Å². The maximum absolute atomic E-state index is 13.4. The zero-order valence-corrected chi connectivity index (χ0v) is 10.0. The predicted octanol–water partition coefficient (Wildman–Crippen LogP) is 3.95. The van der Waals surface area contributed by atoms with Crippen LogP contribution >= 0.6 is 15.9 Å². The number of aliphatic hydroxyl groups excluding tert-OH is 1. The first-order valence-corrected chi connectivity index (χ1v) is 5.68. The lowest BCUT2D eigenvalue weighted by molar-refractivity contribution is 0.159. The minimum atomic E-state index is -0.924. The summed E-state index contributed by atoms with van der Waals surface area (Å²) in [5.74, 6) is -1.13. The summed E-state index contributed by atoms with van der Waals surface area (Å²) in [4.78, 5) is 0. The van der Waals surface area contributed by atoms with Gasteiger partial charge in [-0.3, -0.25) is 0 Å². The lowest BCUT2D eigenvalue weighted by Crippen LogP contribution is -2.02. The van der Waals surface area contributed by atoms with Gasteiger partial charge in [0, 0.05) is 5.56 Å². The lowest BCUT2D eigenvalue weighted by atomic mass is 10.0. The van der Waals surface area contributed by atoms with Crippen molar-refractivity contribution in [1.29, 1.82) is 0 Å². The van der Waals surface area contributed by atoms with Crippen LogP contribution in [0.3, 0.4) is 0 Å². The minimum Gasteiger partial charge on any atom is -0.388 e. The van der Waals surface area contributed by atoms with E-state index in [4.69, 9.17) is 0 Å². The van der Waals surface area contributed by atoms with E-state index in [9.17, 15) is 13.9 Å². The Bertz CT molecular complexity index is 342. The van der Waals surface area contributed by atoms with Gasteiger partial charge in [0.1, 0.15) is 11.6 Å². The maximum Gasteiger partial charge on any atom is 0.137 e. The van der Waals surface area contributed by atoms with Crippen LogP contribution in [0.5, 0.6) is 0 Å². The van der Waals surface area contributed by atoms with Crippen LogP contribution in [-0.2, 0) is 0 Å². The Labute approximate surface area is 96.2 Å². The third-order valence-electron chi connectivity index (χ3n) is 2.23. The molecule has 0 aromatic heterocycles. The quantitative estimate of drug-likeness (QED) is 0.827. The highest BCUT2D eigenvalue weighted by Gasteiger charge is 2.15. The van der Waals surface area contributed by atoms with E-state index >= 15 is 0 Å². The predicted molar refractivity (Wildman–Crippen MR) is 58.5 cm³/mol. The molecule has 1 aromatic carbocycles. The molecule has 1 aromatic rings.